The predicted molar refractivity (Wildman–Crippen MR) is 86.0 cm³/mol. The Morgan fingerprint density at radius 2 is 1.65 bits per heavy atom. The fourth-order valence-electron chi connectivity index (χ4n) is 2.34. The van der Waals surface area contributed by atoms with Crippen molar-refractivity contribution in [2.75, 3.05) is 23.7 Å². The van der Waals surface area contributed by atoms with Gasteiger partial charge in [0, 0.05) is 18.5 Å². The summed E-state index contributed by atoms with van der Waals surface area (Å²) in [6, 6.07) is 8.09. The first kappa shape index (κ1) is 14.6. The second-order valence-electron chi connectivity index (χ2n) is 5.12. The van der Waals surface area contributed by atoms with E-state index in [9.17, 15) is 0 Å². The minimum atomic E-state index is 0.358. The van der Waals surface area contributed by atoms with Crippen LogP contribution in [-0.4, -0.2) is 23.1 Å². The van der Waals surface area contributed by atoms with Crippen LogP contribution in [0, 0.1) is 0 Å². The van der Waals surface area contributed by atoms with Crippen molar-refractivity contribution in [3.63, 3.8) is 0 Å². The lowest BCUT2D eigenvalue weighted by atomic mass is 10.2. The number of unbranched alkanes of at least 4 members (excludes halogenated alkanes) is 2. The standard InChI is InChI=1S/C16H24N4/c1-3-5-11-20(12-6-4-2)15-13-9-7-8-10-14(13)18-16(17)19-15/h7-10H,3-6,11-12H2,1-2H3,(H2,17,18,19). The number of hydrogen-bond donors (Lipinski definition) is 1. The maximum atomic E-state index is 5.87. The van der Waals surface area contributed by atoms with Crippen LogP contribution in [-0.2, 0) is 0 Å². The van der Waals surface area contributed by atoms with Crippen molar-refractivity contribution in [3.05, 3.63) is 24.3 Å². The first-order valence-corrected chi connectivity index (χ1v) is 7.53. The van der Waals surface area contributed by atoms with Crippen LogP contribution in [0.25, 0.3) is 10.9 Å². The summed E-state index contributed by atoms with van der Waals surface area (Å²) >= 11 is 0. The zero-order chi connectivity index (χ0) is 14.4. The molecule has 0 saturated carbocycles. The topological polar surface area (TPSA) is 55.0 Å². The number of anilines is 2. The van der Waals surface area contributed by atoms with Gasteiger partial charge in [0.25, 0.3) is 0 Å². The molecule has 0 atom stereocenters. The molecule has 0 radical (unpaired) electrons. The van der Waals surface area contributed by atoms with E-state index in [1.807, 2.05) is 18.2 Å². The monoisotopic (exact) mass is 272 g/mol. The van der Waals surface area contributed by atoms with Gasteiger partial charge in [-0.05, 0) is 25.0 Å². The van der Waals surface area contributed by atoms with E-state index in [2.05, 4.69) is 34.8 Å². The lowest BCUT2D eigenvalue weighted by Gasteiger charge is -2.24. The second-order valence-corrected chi connectivity index (χ2v) is 5.12. The number of aromatic nitrogens is 2. The van der Waals surface area contributed by atoms with Crippen molar-refractivity contribution in [1.82, 2.24) is 9.97 Å². The van der Waals surface area contributed by atoms with E-state index in [4.69, 9.17) is 5.73 Å². The average molecular weight is 272 g/mol. The Bertz CT molecular complexity index is 545. The molecule has 2 rings (SSSR count). The Kier molecular flexibility index (Phi) is 5.16. The summed E-state index contributed by atoms with van der Waals surface area (Å²) in [6.45, 7) is 6.47. The second kappa shape index (κ2) is 7.08. The van der Waals surface area contributed by atoms with Crippen LogP contribution in [0.4, 0.5) is 11.8 Å². The number of hydrogen-bond acceptors (Lipinski definition) is 4. The van der Waals surface area contributed by atoms with Gasteiger partial charge in [0.1, 0.15) is 5.82 Å². The van der Waals surface area contributed by atoms with Gasteiger partial charge in [-0.1, -0.05) is 38.8 Å². The van der Waals surface area contributed by atoms with E-state index < -0.39 is 0 Å². The van der Waals surface area contributed by atoms with Crippen molar-refractivity contribution in [2.45, 2.75) is 39.5 Å². The van der Waals surface area contributed by atoms with Gasteiger partial charge < -0.3 is 10.6 Å². The van der Waals surface area contributed by atoms with Crippen LogP contribution in [0.3, 0.4) is 0 Å². The van der Waals surface area contributed by atoms with E-state index in [1.165, 1.54) is 25.7 Å². The molecule has 2 N–H and O–H groups in total. The van der Waals surface area contributed by atoms with Crippen molar-refractivity contribution in [3.8, 4) is 0 Å². The van der Waals surface area contributed by atoms with Gasteiger partial charge in [0.2, 0.25) is 5.95 Å². The summed E-state index contributed by atoms with van der Waals surface area (Å²) in [5.41, 5.74) is 6.79. The molecule has 108 valence electrons. The van der Waals surface area contributed by atoms with Gasteiger partial charge in [0.15, 0.2) is 0 Å². The van der Waals surface area contributed by atoms with Crippen LogP contribution >= 0.6 is 0 Å². The average Bonchev–Trinajstić information content (AvgIpc) is 2.46. The largest absolute Gasteiger partial charge is 0.368 e. The third-order valence-electron chi connectivity index (χ3n) is 3.46. The molecule has 20 heavy (non-hydrogen) atoms. The first-order valence-electron chi connectivity index (χ1n) is 7.53. The van der Waals surface area contributed by atoms with E-state index in [1.54, 1.807) is 0 Å². The Balaban J connectivity index is 2.39. The first-order chi connectivity index (χ1) is 9.76. The van der Waals surface area contributed by atoms with E-state index in [0.717, 1.165) is 29.8 Å². The number of fused-ring (bicyclic) bond motifs is 1. The normalized spacial score (nSPS) is 10.9. The smallest absolute Gasteiger partial charge is 0.222 e. The number of rotatable bonds is 7. The number of nitrogens with zero attached hydrogens (tertiary/aromatic N) is 3. The van der Waals surface area contributed by atoms with Gasteiger partial charge >= 0.3 is 0 Å². The Labute approximate surface area is 121 Å². The molecule has 4 heteroatoms. The molecule has 0 bridgehead atoms. The third kappa shape index (κ3) is 3.38. The molecule has 0 aliphatic rings. The molecule has 1 aromatic carbocycles. The maximum absolute atomic E-state index is 5.87. The zero-order valence-corrected chi connectivity index (χ0v) is 12.5. The van der Waals surface area contributed by atoms with Crippen LogP contribution in [0.1, 0.15) is 39.5 Å². The highest BCUT2D eigenvalue weighted by atomic mass is 15.2. The van der Waals surface area contributed by atoms with E-state index in [-0.39, 0.29) is 0 Å². The van der Waals surface area contributed by atoms with Gasteiger partial charge in [-0.15, -0.1) is 0 Å². The van der Waals surface area contributed by atoms with Crippen molar-refractivity contribution in [1.29, 1.82) is 0 Å². The molecule has 0 aliphatic carbocycles. The van der Waals surface area contributed by atoms with E-state index in [0.29, 0.717) is 5.95 Å². The Morgan fingerprint density at radius 1 is 1.00 bits per heavy atom. The molecule has 0 aliphatic heterocycles. The van der Waals surface area contributed by atoms with Crippen LogP contribution in [0.15, 0.2) is 24.3 Å². The van der Waals surface area contributed by atoms with Crippen LogP contribution < -0.4 is 10.6 Å². The quantitative estimate of drug-likeness (QED) is 0.836. The fourth-order valence-corrected chi connectivity index (χ4v) is 2.34. The van der Waals surface area contributed by atoms with Crippen molar-refractivity contribution < 1.29 is 0 Å². The summed E-state index contributed by atoms with van der Waals surface area (Å²) in [7, 11) is 0. The van der Waals surface area contributed by atoms with Gasteiger partial charge in [-0.3, -0.25) is 0 Å². The highest BCUT2D eigenvalue weighted by Crippen LogP contribution is 2.25. The van der Waals surface area contributed by atoms with Crippen LogP contribution in [0.5, 0.6) is 0 Å². The summed E-state index contributed by atoms with van der Waals surface area (Å²) in [4.78, 5) is 11.2. The number of benzene rings is 1. The Morgan fingerprint density at radius 3 is 2.30 bits per heavy atom. The summed E-state index contributed by atoms with van der Waals surface area (Å²) in [5.74, 6) is 1.34. The molecule has 2 aromatic rings. The molecular formula is C16H24N4. The minimum Gasteiger partial charge on any atom is -0.368 e. The molecule has 4 nitrogen and oxygen atoms in total. The number of nitrogen functional groups attached to an aromatic ring is 1. The predicted octanol–water partition coefficient (Wildman–Crippen LogP) is 3.62. The van der Waals surface area contributed by atoms with Crippen molar-refractivity contribution >= 4 is 22.7 Å². The highest BCUT2D eigenvalue weighted by Gasteiger charge is 2.12. The van der Waals surface area contributed by atoms with Crippen molar-refractivity contribution in [2.24, 2.45) is 0 Å². The van der Waals surface area contributed by atoms with Gasteiger partial charge in [-0.2, -0.15) is 4.98 Å². The molecule has 0 unspecified atom stereocenters. The molecule has 0 saturated heterocycles. The maximum Gasteiger partial charge on any atom is 0.222 e. The third-order valence-corrected chi connectivity index (χ3v) is 3.46. The molecular weight excluding hydrogens is 248 g/mol. The molecule has 0 spiro atoms. The SMILES string of the molecule is CCCCN(CCCC)c1nc(N)nc2ccccc12. The number of para-hydroxylation sites is 1. The molecule has 0 amide bonds. The summed E-state index contributed by atoms with van der Waals surface area (Å²) in [5, 5.41) is 1.09. The summed E-state index contributed by atoms with van der Waals surface area (Å²) < 4.78 is 0. The molecule has 1 aromatic heterocycles. The Hall–Kier alpha value is -1.84. The lowest BCUT2D eigenvalue weighted by Crippen LogP contribution is -2.27. The van der Waals surface area contributed by atoms with Gasteiger partial charge in [-0.25, -0.2) is 4.98 Å². The zero-order valence-electron chi connectivity index (χ0n) is 12.5. The summed E-state index contributed by atoms with van der Waals surface area (Å²) in [6.07, 6.45) is 4.70. The molecule has 1 heterocycles. The minimum absolute atomic E-state index is 0.358. The highest BCUT2D eigenvalue weighted by molar-refractivity contribution is 5.90. The van der Waals surface area contributed by atoms with Gasteiger partial charge in [0.05, 0.1) is 5.52 Å². The molecule has 0 fully saturated rings. The fraction of sp³-hybridized carbons (Fsp3) is 0.500. The van der Waals surface area contributed by atoms with E-state index >= 15 is 0 Å². The number of nitrogens with two attached hydrogens (primary N) is 1. The lowest BCUT2D eigenvalue weighted by molar-refractivity contribution is 0.673. The van der Waals surface area contributed by atoms with Crippen LogP contribution in [0.2, 0.25) is 0 Å².